The second-order valence-corrected chi connectivity index (χ2v) is 6.74. The number of halogens is 1. The fourth-order valence-corrected chi connectivity index (χ4v) is 3.76. The number of rotatable bonds is 3. The Balaban J connectivity index is 2.00. The number of hydrogen-bond acceptors (Lipinski definition) is 2. The minimum atomic E-state index is -1.71. The summed E-state index contributed by atoms with van der Waals surface area (Å²) in [5.41, 5.74) is 1.03. The van der Waals surface area contributed by atoms with E-state index in [0.717, 1.165) is 15.4 Å². The van der Waals surface area contributed by atoms with E-state index < -0.39 is 5.60 Å². The second kappa shape index (κ2) is 5.33. The van der Waals surface area contributed by atoms with Crippen molar-refractivity contribution in [3.05, 3.63) is 76.9 Å². The predicted molar refractivity (Wildman–Crippen MR) is 98.0 cm³/mol. The zero-order valence-corrected chi connectivity index (χ0v) is 14.4. The molecule has 4 rings (SSSR count). The topological polar surface area (TPSA) is 56.3 Å². The molecule has 0 radical (unpaired) electrons. The Hall–Kier alpha value is -2.37. The van der Waals surface area contributed by atoms with E-state index in [1.54, 1.807) is 23.2 Å². The maximum atomic E-state index is 13.1. The summed E-state index contributed by atoms with van der Waals surface area (Å²) >= 11 is 3.46. The standard InChI is InChI=1S/C19H15BrN2O2/c1-2-9-22-17-6-4-3-5-14(17)19(24,18(22)23)15-11-21-16-8-7-12(20)10-13(15)16/h2-8,10-11,21,24H,1,9H2. The van der Waals surface area contributed by atoms with E-state index in [0.29, 0.717) is 23.4 Å². The maximum Gasteiger partial charge on any atom is 0.268 e. The lowest BCUT2D eigenvalue weighted by Crippen LogP contribution is -2.41. The van der Waals surface area contributed by atoms with Crippen molar-refractivity contribution in [2.24, 2.45) is 0 Å². The van der Waals surface area contributed by atoms with Crippen molar-refractivity contribution in [2.75, 3.05) is 11.4 Å². The van der Waals surface area contributed by atoms with Crippen molar-refractivity contribution in [1.29, 1.82) is 0 Å². The van der Waals surface area contributed by atoms with E-state index in [9.17, 15) is 9.90 Å². The Bertz CT molecular complexity index is 978. The van der Waals surface area contributed by atoms with Gasteiger partial charge in [-0.15, -0.1) is 6.58 Å². The van der Waals surface area contributed by atoms with Gasteiger partial charge < -0.3 is 15.0 Å². The van der Waals surface area contributed by atoms with Gasteiger partial charge in [0.1, 0.15) is 0 Å². The number of carbonyl (C=O) groups is 1. The van der Waals surface area contributed by atoms with E-state index in [1.165, 1.54) is 0 Å². The minimum Gasteiger partial charge on any atom is -0.372 e. The number of para-hydroxylation sites is 1. The first-order chi connectivity index (χ1) is 11.6. The third-order valence-electron chi connectivity index (χ3n) is 4.48. The van der Waals surface area contributed by atoms with Crippen LogP contribution in [0, 0.1) is 0 Å². The molecule has 1 aromatic heterocycles. The van der Waals surface area contributed by atoms with Gasteiger partial charge in [0.2, 0.25) is 0 Å². The van der Waals surface area contributed by atoms with Crippen LogP contribution in [0.2, 0.25) is 0 Å². The molecule has 4 nitrogen and oxygen atoms in total. The highest BCUT2D eigenvalue weighted by molar-refractivity contribution is 9.10. The van der Waals surface area contributed by atoms with Gasteiger partial charge >= 0.3 is 0 Å². The Morgan fingerprint density at radius 2 is 2.04 bits per heavy atom. The third kappa shape index (κ3) is 1.92. The summed E-state index contributed by atoms with van der Waals surface area (Å²) in [5.74, 6) is -0.357. The SMILES string of the molecule is C=CCN1C(=O)C(O)(c2c[nH]c3ccc(Br)cc23)c2ccccc21. The number of hydrogen-bond donors (Lipinski definition) is 2. The lowest BCUT2D eigenvalue weighted by Gasteiger charge is -2.22. The number of nitrogens with one attached hydrogen (secondary N) is 1. The smallest absolute Gasteiger partial charge is 0.268 e. The van der Waals surface area contributed by atoms with Gasteiger partial charge in [-0.25, -0.2) is 0 Å². The second-order valence-electron chi connectivity index (χ2n) is 5.82. The molecule has 1 atom stereocenters. The molecule has 0 bridgehead atoms. The lowest BCUT2D eigenvalue weighted by atomic mass is 9.87. The van der Waals surface area contributed by atoms with Gasteiger partial charge in [-0.2, -0.15) is 0 Å². The van der Waals surface area contributed by atoms with E-state index in [2.05, 4.69) is 27.5 Å². The molecule has 2 heterocycles. The molecule has 1 amide bonds. The minimum absolute atomic E-state index is 0.351. The van der Waals surface area contributed by atoms with Crippen molar-refractivity contribution in [3.63, 3.8) is 0 Å². The Kier molecular flexibility index (Phi) is 3.37. The lowest BCUT2D eigenvalue weighted by molar-refractivity contribution is -0.131. The molecule has 5 heteroatoms. The fraction of sp³-hybridized carbons (Fsp3) is 0.105. The monoisotopic (exact) mass is 382 g/mol. The van der Waals surface area contributed by atoms with Crippen molar-refractivity contribution in [3.8, 4) is 0 Å². The van der Waals surface area contributed by atoms with Crippen LogP contribution in [-0.4, -0.2) is 22.5 Å². The summed E-state index contributed by atoms with van der Waals surface area (Å²) in [6.45, 7) is 4.07. The molecule has 0 aliphatic carbocycles. The van der Waals surface area contributed by atoms with Gasteiger partial charge in [-0.1, -0.05) is 40.2 Å². The summed E-state index contributed by atoms with van der Waals surface area (Å²) in [6.07, 6.45) is 3.37. The van der Waals surface area contributed by atoms with Crippen molar-refractivity contribution >= 4 is 38.4 Å². The Morgan fingerprint density at radius 3 is 2.83 bits per heavy atom. The van der Waals surface area contributed by atoms with E-state index in [-0.39, 0.29) is 5.91 Å². The zero-order valence-electron chi connectivity index (χ0n) is 12.8. The number of H-pyrrole nitrogens is 1. The Morgan fingerprint density at radius 1 is 1.25 bits per heavy atom. The van der Waals surface area contributed by atoms with Crippen LogP contribution in [0.3, 0.4) is 0 Å². The third-order valence-corrected chi connectivity index (χ3v) is 4.98. The average molecular weight is 383 g/mol. The van der Waals surface area contributed by atoms with E-state index >= 15 is 0 Å². The number of aliphatic hydroxyl groups is 1. The van der Waals surface area contributed by atoms with Crippen LogP contribution in [0.4, 0.5) is 5.69 Å². The molecule has 1 unspecified atom stereocenters. The first-order valence-electron chi connectivity index (χ1n) is 7.59. The van der Waals surface area contributed by atoms with Gasteiger partial charge in [0.15, 0.2) is 5.60 Å². The number of nitrogens with zero attached hydrogens (tertiary/aromatic N) is 1. The first kappa shape index (κ1) is 15.2. The number of amides is 1. The van der Waals surface area contributed by atoms with Crippen LogP contribution < -0.4 is 4.90 Å². The van der Waals surface area contributed by atoms with Crippen LogP contribution in [0.5, 0.6) is 0 Å². The van der Waals surface area contributed by atoms with Gasteiger partial charge in [-0.05, 0) is 24.3 Å². The van der Waals surface area contributed by atoms with E-state index in [1.807, 2.05) is 36.4 Å². The average Bonchev–Trinajstić information content (AvgIpc) is 3.09. The zero-order chi connectivity index (χ0) is 16.9. The summed E-state index contributed by atoms with van der Waals surface area (Å²) in [7, 11) is 0. The first-order valence-corrected chi connectivity index (χ1v) is 8.38. The molecule has 0 fully saturated rings. The number of carbonyl (C=O) groups excluding carboxylic acids is 1. The number of aromatic nitrogens is 1. The van der Waals surface area contributed by atoms with Crippen LogP contribution in [0.1, 0.15) is 11.1 Å². The number of aromatic amines is 1. The molecular weight excluding hydrogens is 368 g/mol. The quantitative estimate of drug-likeness (QED) is 0.678. The molecule has 2 aromatic carbocycles. The molecule has 0 saturated heterocycles. The predicted octanol–water partition coefficient (Wildman–Crippen LogP) is 3.70. The van der Waals surface area contributed by atoms with Crippen molar-refractivity contribution < 1.29 is 9.90 Å². The molecule has 2 N–H and O–H groups in total. The van der Waals surface area contributed by atoms with Gasteiger partial charge in [0, 0.05) is 39.2 Å². The van der Waals surface area contributed by atoms with Crippen LogP contribution in [0.15, 0.2) is 65.8 Å². The molecular formula is C19H15BrN2O2. The summed E-state index contributed by atoms with van der Waals surface area (Å²) in [4.78, 5) is 17.8. The van der Waals surface area contributed by atoms with Crippen molar-refractivity contribution in [2.45, 2.75) is 5.60 Å². The van der Waals surface area contributed by atoms with E-state index in [4.69, 9.17) is 0 Å². The highest BCUT2D eigenvalue weighted by Crippen LogP contribution is 2.46. The molecule has 0 saturated carbocycles. The van der Waals surface area contributed by atoms with Crippen LogP contribution in [-0.2, 0) is 10.4 Å². The summed E-state index contributed by atoms with van der Waals surface area (Å²) in [6, 6.07) is 13.1. The Labute approximate surface area is 147 Å². The highest BCUT2D eigenvalue weighted by atomic mass is 79.9. The normalized spacial score (nSPS) is 19.8. The van der Waals surface area contributed by atoms with Gasteiger partial charge in [0.05, 0.1) is 5.69 Å². The molecule has 0 spiro atoms. The number of fused-ring (bicyclic) bond motifs is 2. The number of anilines is 1. The van der Waals surface area contributed by atoms with Crippen molar-refractivity contribution in [1.82, 2.24) is 4.98 Å². The van der Waals surface area contributed by atoms with Crippen LogP contribution in [0.25, 0.3) is 10.9 Å². The molecule has 1 aliphatic heterocycles. The molecule has 1 aliphatic rings. The maximum absolute atomic E-state index is 13.1. The molecule has 120 valence electrons. The van der Waals surface area contributed by atoms with Gasteiger partial charge in [0.25, 0.3) is 5.91 Å². The molecule has 3 aromatic rings. The number of benzene rings is 2. The summed E-state index contributed by atoms with van der Waals surface area (Å²) < 4.78 is 0.890. The largest absolute Gasteiger partial charge is 0.372 e. The van der Waals surface area contributed by atoms with Gasteiger partial charge in [-0.3, -0.25) is 4.79 Å². The fourth-order valence-electron chi connectivity index (χ4n) is 3.40. The summed E-state index contributed by atoms with van der Waals surface area (Å²) in [5, 5.41) is 12.3. The molecule has 24 heavy (non-hydrogen) atoms. The van der Waals surface area contributed by atoms with Crippen LogP contribution >= 0.6 is 15.9 Å². The highest BCUT2D eigenvalue weighted by Gasteiger charge is 2.51.